The molecule has 0 spiro atoms. The van der Waals surface area contributed by atoms with Gasteiger partial charge in [0, 0.05) is 17.8 Å². The number of nitrogens with zero attached hydrogens (tertiary/aromatic N) is 2. The molecule has 18 heavy (non-hydrogen) atoms. The van der Waals surface area contributed by atoms with Crippen LogP contribution >= 0.6 is 11.3 Å². The van der Waals surface area contributed by atoms with Crippen molar-refractivity contribution >= 4 is 21.4 Å². The molecule has 98 valence electrons. The molecule has 2 heterocycles. The molecule has 2 rings (SSSR count). The fourth-order valence-electron chi connectivity index (χ4n) is 1.26. The monoisotopic (exact) mass is 289 g/mol. The summed E-state index contributed by atoms with van der Waals surface area (Å²) >= 11 is 1.04. The number of aromatic nitrogens is 2. The van der Waals surface area contributed by atoms with Crippen LogP contribution in [0.4, 0.5) is 0 Å². The van der Waals surface area contributed by atoms with Gasteiger partial charge in [0.1, 0.15) is 4.21 Å². The Kier molecular flexibility index (Phi) is 4.07. The molecule has 2 aromatic heterocycles. The number of hydrogen-bond donors (Lipinski definition) is 2. The summed E-state index contributed by atoms with van der Waals surface area (Å²) in [5.74, 6) is 0.444. The molecule has 0 aromatic carbocycles. The summed E-state index contributed by atoms with van der Waals surface area (Å²) in [4.78, 5) is 4.39. The largest absolute Gasteiger partial charge is 0.391 e. The van der Waals surface area contributed by atoms with Gasteiger partial charge in [0.2, 0.25) is 16.4 Å². The Labute approximate surface area is 108 Å². The molecule has 0 saturated carbocycles. The number of rotatable bonds is 6. The van der Waals surface area contributed by atoms with Crippen molar-refractivity contribution in [2.45, 2.75) is 17.2 Å². The second-order valence-electron chi connectivity index (χ2n) is 3.37. The Morgan fingerprint density at radius 1 is 1.44 bits per heavy atom. The second-order valence-corrected chi connectivity index (χ2v) is 6.54. The zero-order chi connectivity index (χ0) is 13.0. The van der Waals surface area contributed by atoms with E-state index >= 15 is 0 Å². The first-order valence-corrected chi connectivity index (χ1v) is 7.36. The quantitative estimate of drug-likeness (QED) is 0.784. The van der Waals surface area contributed by atoms with Gasteiger partial charge >= 0.3 is 0 Å². The minimum absolute atomic E-state index is 0.164. The summed E-state index contributed by atoms with van der Waals surface area (Å²) < 4.78 is 30.8. The molecule has 0 amide bonds. The molecule has 7 nitrogen and oxygen atoms in total. The molecule has 0 bridgehead atoms. The molecule has 9 heteroatoms. The number of sulfonamides is 1. The Hall–Kier alpha value is -1.29. The number of thiophene rings is 1. The van der Waals surface area contributed by atoms with E-state index in [-0.39, 0.29) is 17.4 Å². The lowest BCUT2D eigenvalue weighted by Crippen LogP contribution is -2.25. The van der Waals surface area contributed by atoms with E-state index in [1.807, 2.05) is 0 Å². The van der Waals surface area contributed by atoms with E-state index in [9.17, 15) is 8.42 Å². The van der Waals surface area contributed by atoms with Crippen LogP contribution in [-0.2, 0) is 23.1 Å². The molecular formula is C9H11N3O4S2. The summed E-state index contributed by atoms with van der Waals surface area (Å²) in [5.41, 5.74) is 0. The third-order valence-electron chi connectivity index (χ3n) is 2.11. The summed E-state index contributed by atoms with van der Waals surface area (Å²) in [6.45, 7) is 0.0251. The zero-order valence-corrected chi connectivity index (χ0v) is 10.9. The lowest BCUT2D eigenvalue weighted by Gasteiger charge is -2.02. The minimum atomic E-state index is -3.53. The normalized spacial score (nSPS) is 11.8. The summed E-state index contributed by atoms with van der Waals surface area (Å²) in [6, 6.07) is 3.05. The van der Waals surface area contributed by atoms with E-state index in [0.29, 0.717) is 17.1 Å². The first-order chi connectivity index (χ1) is 8.62. The Morgan fingerprint density at radius 2 is 2.28 bits per heavy atom. The highest BCUT2D eigenvalue weighted by atomic mass is 32.2. The average molecular weight is 289 g/mol. The Balaban J connectivity index is 1.95. The van der Waals surface area contributed by atoms with Crippen molar-refractivity contribution in [1.29, 1.82) is 0 Å². The van der Waals surface area contributed by atoms with Crippen molar-refractivity contribution < 1.29 is 18.0 Å². The van der Waals surface area contributed by atoms with E-state index < -0.39 is 10.0 Å². The smallest absolute Gasteiger partial charge is 0.250 e. The van der Waals surface area contributed by atoms with Crippen LogP contribution in [0.1, 0.15) is 10.7 Å². The van der Waals surface area contributed by atoms with Gasteiger partial charge in [-0.15, -0.1) is 11.3 Å². The number of aliphatic hydroxyl groups excluding tert-OH is 1. The first-order valence-electron chi connectivity index (χ1n) is 5.06. The Bertz CT molecular complexity index is 591. The number of aliphatic hydroxyl groups is 1. The van der Waals surface area contributed by atoms with Gasteiger partial charge in [0.15, 0.2) is 5.82 Å². The SMILES string of the molecule is O=S(=O)(NCCc1ncon1)c1ccc(CO)s1. The van der Waals surface area contributed by atoms with Crippen LogP contribution in [0.15, 0.2) is 27.3 Å². The molecule has 0 aliphatic heterocycles. The van der Waals surface area contributed by atoms with Crippen molar-refractivity contribution in [3.05, 3.63) is 29.2 Å². The van der Waals surface area contributed by atoms with Crippen LogP contribution in [0.5, 0.6) is 0 Å². The van der Waals surface area contributed by atoms with Crippen LogP contribution in [0.25, 0.3) is 0 Å². The molecular weight excluding hydrogens is 278 g/mol. The van der Waals surface area contributed by atoms with Crippen molar-refractivity contribution in [2.24, 2.45) is 0 Å². The summed E-state index contributed by atoms with van der Waals surface area (Å²) in [6.07, 6.45) is 1.55. The van der Waals surface area contributed by atoms with Gasteiger partial charge in [-0.1, -0.05) is 5.16 Å². The van der Waals surface area contributed by atoms with E-state index in [4.69, 9.17) is 5.11 Å². The average Bonchev–Trinajstić information content (AvgIpc) is 2.99. The predicted molar refractivity (Wildman–Crippen MR) is 63.4 cm³/mol. The van der Waals surface area contributed by atoms with Crippen molar-refractivity contribution in [2.75, 3.05) is 6.54 Å². The highest BCUT2D eigenvalue weighted by Crippen LogP contribution is 2.21. The van der Waals surface area contributed by atoms with Crippen LogP contribution in [0.2, 0.25) is 0 Å². The number of hydrogen-bond acceptors (Lipinski definition) is 7. The van der Waals surface area contributed by atoms with Crippen LogP contribution in [-0.4, -0.2) is 30.2 Å². The van der Waals surface area contributed by atoms with Gasteiger partial charge in [0.25, 0.3) is 0 Å². The topological polar surface area (TPSA) is 105 Å². The van der Waals surface area contributed by atoms with Crippen molar-refractivity contribution in [3.63, 3.8) is 0 Å². The van der Waals surface area contributed by atoms with E-state index in [2.05, 4.69) is 19.4 Å². The zero-order valence-electron chi connectivity index (χ0n) is 9.24. The molecule has 0 atom stereocenters. The summed E-state index contributed by atoms with van der Waals surface area (Å²) in [7, 11) is -3.53. The highest BCUT2D eigenvalue weighted by molar-refractivity contribution is 7.91. The fraction of sp³-hybridized carbons (Fsp3) is 0.333. The van der Waals surface area contributed by atoms with Gasteiger partial charge in [-0.25, -0.2) is 13.1 Å². The second kappa shape index (κ2) is 5.57. The molecule has 0 aliphatic rings. The van der Waals surface area contributed by atoms with Crippen molar-refractivity contribution in [1.82, 2.24) is 14.9 Å². The maximum absolute atomic E-state index is 11.8. The van der Waals surface area contributed by atoms with Crippen LogP contribution in [0, 0.1) is 0 Å². The third kappa shape index (κ3) is 3.13. The van der Waals surface area contributed by atoms with Gasteiger partial charge in [-0.3, -0.25) is 0 Å². The maximum atomic E-state index is 11.8. The predicted octanol–water partition coefficient (Wildman–Crippen LogP) is 0.144. The molecule has 0 aliphatic carbocycles. The van der Waals surface area contributed by atoms with E-state index in [0.717, 1.165) is 11.3 Å². The first kappa shape index (κ1) is 13.1. The van der Waals surface area contributed by atoms with Gasteiger partial charge in [-0.2, -0.15) is 4.98 Å². The molecule has 0 saturated heterocycles. The van der Waals surface area contributed by atoms with Gasteiger partial charge < -0.3 is 9.63 Å². The lowest BCUT2D eigenvalue weighted by atomic mass is 10.4. The molecule has 0 fully saturated rings. The third-order valence-corrected chi connectivity index (χ3v) is 5.13. The van der Waals surface area contributed by atoms with Crippen LogP contribution in [0.3, 0.4) is 0 Å². The molecule has 2 aromatic rings. The van der Waals surface area contributed by atoms with Gasteiger partial charge in [0.05, 0.1) is 6.61 Å². The fourth-order valence-corrected chi connectivity index (χ4v) is 3.55. The molecule has 0 radical (unpaired) electrons. The standard InChI is InChI=1S/C9H11N3O4S2/c13-5-7-1-2-9(17-7)18(14,15)11-4-3-8-10-6-16-12-8/h1-2,6,11,13H,3-5H2. The van der Waals surface area contributed by atoms with Gasteiger partial charge in [-0.05, 0) is 12.1 Å². The maximum Gasteiger partial charge on any atom is 0.250 e. The Morgan fingerprint density at radius 3 is 2.89 bits per heavy atom. The summed E-state index contributed by atoms with van der Waals surface area (Å²) in [5, 5.41) is 12.5. The van der Waals surface area contributed by atoms with E-state index in [1.165, 1.54) is 12.5 Å². The lowest BCUT2D eigenvalue weighted by molar-refractivity contribution is 0.285. The van der Waals surface area contributed by atoms with Crippen LogP contribution < -0.4 is 4.72 Å². The minimum Gasteiger partial charge on any atom is -0.391 e. The molecule has 2 N–H and O–H groups in total. The highest BCUT2D eigenvalue weighted by Gasteiger charge is 2.16. The molecule has 0 unspecified atom stereocenters. The van der Waals surface area contributed by atoms with Crippen molar-refractivity contribution in [3.8, 4) is 0 Å². The number of nitrogens with one attached hydrogen (secondary N) is 1. The van der Waals surface area contributed by atoms with E-state index in [1.54, 1.807) is 6.07 Å².